The van der Waals surface area contributed by atoms with Gasteiger partial charge in [0.25, 0.3) is 0 Å². The zero-order valence-corrected chi connectivity index (χ0v) is 31.9. The van der Waals surface area contributed by atoms with Gasteiger partial charge in [-0.3, -0.25) is 4.57 Å². The molecule has 0 radical (unpaired) electrons. The number of rotatable bonds is 19. The molecule has 14 nitrogen and oxygen atoms in total. The lowest BCUT2D eigenvalue weighted by atomic mass is 10.0. The van der Waals surface area contributed by atoms with Crippen LogP contribution in [-0.2, 0) is 50.7 Å². The third-order valence-corrected chi connectivity index (χ3v) is 11.4. The van der Waals surface area contributed by atoms with Gasteiger partial charge in [0.1, 0.15) is 11.9 Å². The van der Waals surface area contributed by atoms with Crippen molar-refractivity contribution in [2.45, 2.75) is 83.0 Å². The monoisotopic (exact) mass is 758 g/mol. The highest BCUT2D eigenvalue weighted by Gasteiger charge is 2.44. The summed E-state index contributed by atoms with van der Waals surface area (Å²) in [5, 5.41) is 25.8. The first-order chi connectivity index (χ1) is 24.3. The minimum Gasteiger partial charge on any atom is -0.481 e. The van der Waals surface area contributed by atoms with Crippen molar-refractivity contribution in [2.75, 3.05) is 52.1 Å². The van der Waals surface area contributed by atoms with Crippen LogP contribution in [0.4, 0.5) is 4.79 Å². The number of carbonyl (C=O) groups is 1. The zero-order valence-electron chi connectivity index (χ0n) is 30.2. The number of benzene rings is 2. The first-order valence-corrected chi connectivity index (χ1v) is 21.0. The summed E-state index contributed by atoms with van der Waals surface area (Å²) in [7, 11) is -6.44. The van der Waals surface area contributed by atoms with Crippen LogP contribution in [0.15, 0.2) is 53.4 Å². The summed E-state index contributed by atoms with van der Waals surface area (Å²) in [5.74, 6) is 1.02. The summed E-state index contributed by atoms with van der Waals surface area (Å²) in [6, 6.07) is 12.7. The number of nitrogens with one attached hydrogen (secondary N) is 2. The molecule has 2 aromatic carbocycles. The average molecular weight is 759 g/mol. The van der Waals surface area contributed by atoms with Gasteiger partial charge in [0.05, 0.1) is 56.0 Å². The SMILES string of the molecule is CCOP(=O)(COc1ccc(C[C@H](NC(=O)O[C@H]2CO[C@H]3OCC[C@H]32)[C@H](O)CNC[C@@H](C)CC)cc1)OCC.CS(=O)(=O)c1ccc(CO)cc1. The molecule has 0 aliphatic carbocycles. The molecule has 288 valence electrons. The van der Waals surface area contributed by atoms with E-state index in [-0.39, 0.29) is 49.4 Å². The molecule has 2 heterocycles. The number of ether oxygens (including phenoxy) is 4. The molecule has 4 rings (SSSR count). The molecule has 51 heavy (non-hydrogen) atoms. The Balaban J connectivity index is 0.000000493. The Hall–Kier alpha value is -2.59. The molecule has 2 aliphatic rings. The highest BCUT2D eigenvalue weighted by atomic mass is 32.2. The van der Waals surface area contributed by atoms with E-state index in [9.17, 15) is 22.9 Å². The van der Waals surface area contributed by atoms with Crippen molar-refractivity contribution in [2.24, 2.45) is 11.8 Å². The zero-order chi connectivity index (χ0) is 37.4. The first-order valence-electron chi connectivity index (χ1n) is 17.4. The van der Waals surface area contributed by atoms with Crippen LogP contribution in [-0.4, -0.2) is 101 Å². The van der Waals surface area contributed by atoms with Crippen molar-refractivity contribution in [1.29, 1.82) is 0 Å². The van der Waals surface area contributed by atoms with Crippen LogP contribution in [0.25, 0.3) is 0 Å². The molecule has 0 spiro atoms. The number of alkyl carbamates (subject to hydrolysis) is 1. The third kappa shape index (κ3) is 14.4. The molecule has 0 saturated carbocycles. The van der Waals surface area contributed by atoms with Crippen molar-refractivity contribution in [1.82, 2.24) is 10.6 Å². The van der Waals surface area contributed by atoms with Gasteiger partial charge in [0, 0.05) is 12.8 Å². The Morgan fingerprint density at radius 1 is 1.00 bits per heavy atom. The summed E-state index contributed by atoms with van der Waals surface area (Å²) in [5.41, 5.74) is 1.59. The van der Waals surface area contributed by atoms with Crippen molar-refractivity contribution in [3.05, 3.63) is 59.7 Å². The molecule has 4 N–H and O–H groups in total. The van der Waals surface area contributed by atoms with Crippen molar-refractivity contribution in [3.8, 4) is 5.75 Å². The number of aliphatic hydroxyl groups is 2. The number of fused-ring (bicyclic) bond motifs is 1. The first kappa shape index (κ1) is 42.8. The largest absolute Gasteiger partial charge is 0.481 e. The predicted molar refractivity (Wildman–Crippen MR) is 191 cm³/mol. The van der Waals surface area contributed by atoms with Crippen LogP contribution < -0.4 is 15.4 Å². The number of hydrogen-bond acceptors (Lipinski definition) is 13. The van der Waals surface area contributed by atoms with Crippen LogP contribution in [0, 0.1) is 11.8 Å². The van der Waals surface area contributed by atoms with Gasteiger partial charge in [-0.05, 0) is 74.5 Å². The van der Waals surface area contributed by atoms with Gasteiger partial charge in [-0.25, -0.2) is 13.2 Å². The maximum Gasteiger partial charge on any atom is 0.407 e. The molecular weight excluding hydrogens is 703 g/mol. The Morgan fingerprint density at radius 3 is 2.24 bits per heavy atom. The molecule has 6 atom stereocenters. The van der Waals surface area contributed by atoms with Gasteiger partial charge >= 0.3 is 13.7 Å². The lowest BCUT2D eigenvalue weighted by molar-refractivity contribution is -0.0907. The molecule has 0 unspecified atom stereocenters. The van der Waals surface area contributed by atoms with E-state index in [4.69, 9.17) is 33.1 Å². The fraction of sp³-hybridized carbons (Fsp3) is 0.629. The Labute approximate surface area is 301 Å². The van der Waals surface area contributed by atoms with E-state index in [2.05, 4.69) is 24.5 Å². The maximum absolute atomic E-state index is 12.8. The average Bonchev–Trinajstić information content (AvgIpc) is 3.73. The van der Waals surface area contributed by atoms with Crippen LogP contribution in [0.3, 0.4) is 0 Å². The number of carbonyl (C=O) groups excluding carboxylic acids is 1. The molecule has 2 aromatic rings. The van der Waals surface area contributed by atoms with E-state index >= 15 is 0 Å². The molecular formula is C35H55N2O12PS. The van der Waals surface area contributed by atoms with Crippen LogP contribution in [0.1, 0.15) is 51.7 Å². The normalized spacial score (nSPS) is 20.4. The number of hydrogen-bond donors (Lipinski definition) is 4. The van der Waals surface area contributed by atoms with Crippen molar-refractivity contribution >= 4 is 23.5 Å². The minimum atomic E-state index is -3.33. The maximum atomic E-state index is 12.8. The highest BCUT2D eigenvalue weighted by molar-refractivity contribution is 7.90. The van der Waals surface area contributed by atoms with Gasteiger partial charge in [0.15, 0.2) is 22.5 Å². The summed E-state index contributed by atoms with van der Waals surface area (Å²) < 4.78 is 67.5. The van der Waals surface area contributed by atoms with Gasteiger partial charge in [-0.1, -0.05) is 44.5 Å². The van der Waals surface area contributed by atoms with E-state index in [1.165, 1.54) is 12.1 Å². The molecule has 1 amide bonds. The van der Waals surface area contributed by atoms with E-state index in [0.717, 1.165) is 31.2 Å². The number of amides is 1. The van der Waals surface area contributed by atoms with Crippen LogP contribution >= 0.6 is 7.60 Å². The molecule has 0 bridgehead atoms. The number of sulfone groups is 1. The van der Waals surface area contributed by atoms with Crippen molar-refractivity contribution < 1.29 is 56.0 Å². The second-order valence-corrected chi connectivity index (χ2v) is 16.6. The molecule has 16 heteroatoms. The topological polar surface area (TPSA) is 188 Å². The Morgan fingerprint density at radius 2 is 1.65 bits per heavy atom. The lowest BCUT2D eigenvalue weighted by Gasteiger charge is -2.26. The van der Waals surface area contributed by atoms with Gasteiger partial charge in [-0.2, -0.15) is 0 Å². The second kappa shape index (κ2) is 21.2. The smallest absolute Gasteiger partial charge is 0.407 e. The van der Waals surface area contributed by atoms with E-state index < -0.39 is 35.7 Å². The minimum absolute atomic E-state index is 0.0321. The van der Waals surface area contributed by atoms with E-state index in [0.29, 0.717) is 43.4 Å². The quantitative estimate of drug-likeness (QED) is 0.149. The summed E-state index contributed by atoms with van der Waals surface area (Å²) >= 11 is 0. The van der Waals surface area contributed by atoms with Crippen LogP contribution in [0.2, 0.25) is 0 Å². The van der Waals surface area contributed by atoms with Crippen molar-refractivity contribution in [3.63, 3.8) is 0 Å². The van der Waals surface area contributed by atoms with Gasteiger partial charge in [0.2, 0.25) is 0 Å². The fourth-order valence-electron chi connectivity index (χ4n) is 5.39. The summed E-state index contributed by atoms with van der Waals surface area (Å²) in [4.78, 5) is 13.1. The second-order valence-electron chi connectivity index (χ2n) is 12.6. The highest BCUT2D eigenvalue weighted by Crippen LogP contribution is 2.47. The Kier molecular flexibility index (Phi) is 17.8. The fourth-order valence-corrected chi connectivity index (χ4v) is 7.34. The van der Waals surface area contributed by atoms with Crippen LogP contribution in [0.5, 0.6) is 5.75 Å². The molecule has 0 aromatic heterocycles. The summed E-state index contributed by atoms with van der Waals surface area (Å²) in [6.07, 6.45) is 1.02. The summed E-state index contributed by atoms with van der Waals surface area (Å²) in [6.45, 7) is 10.2. The van der Waals surface area contributed by atoms with Gasteiger partial charge in [-0.15, -0.1) is 0 Å². The molecule has 2 fully saturated rings. The standard InChI is InChI=1S/C27H45N2O9P.C8H10O3S/c1-5-19(4)15-28-16-24(30)23(29-27(31)38-25-17-34-26-22(25)12-13-33-26)14-20-8-10-21(11-9-20)35-18-39(32,36-6-2)37-7-3;1-12(10,11)8-4-2-7(6-9)3-5-8/h8-11,19,22-26,28,30H,5-7,12-18H2,1-4H3,(H,29,31);2-5,9H,6H2,1H3/t19-,22-,23-,24+,25-,26+;/m0./s1. The third-order valence-electron chi connectivity index (χ3n) is 8.51. The van der Waals surface area contributed by atoms with E-state index in [1.807, 2.05) is 12.1 Å². The lowest BCUT2D eigenvalue weighted by Crippen LogP contribution is -2.50. The molecule has 2 saturated heterocycles. The predicted octanol–water partition coefficient (Wildman–Crippen LogP) is 4.27. The van der Waals surface area contributed by atoms with E-state index in [1.54, 1.807) is 38.1 Å². The molecule has 2 aliphatic heterocycles. The number of aliphatic hydroxyl groups excluding tert-OH is 2. The Bertz CT molecular complexity index is 1470. The van der Waals surface area contributed by atoms with Gasteiger partial charge < -0.3 is 48.8 Å².